The number of carbonyl (C=O) groups excluding carboxylic acids is 3. The van der Waals surface area contributed by atoms with Gasteiger partial charge in [0.25, 0.3) is 0 Å². The molecule has 0 unspecified atom stereocenters. The van der Waals surface area contributed by atoms with Crippen molar-refractivity contribution < 1.29 is 53.4 Å². The molecular formula is C35H48N2O11. The third kappa shape index (κ3) is 12.1. The lowest BCUT2D eigenvalue weighted by atomic mass is 10.0. The molecule has 3 N–H and O–H groups in total. The smallest absolute Gasteiger partial charge is 0.415 e. The van der Waals surface area contributed by atoms with Crippen molar-refractivity contribution in [3.63, 3.8) is 0 Å². The zero-order valence-electron chi connectivity index (χ0n) is 28.2. The molecule has 0 aliphatic carbocycles. The van der Waals surface area contributed by atoms with Gasteiger partial charge >= 0.3 is 18.0 Å². The third-order valence-corrected chi connectivity index (χ3v) is 7.55. The van der Waals surface area contributed by atoms with Gasteiger partial charge in [0, 0.05) is 32.6 Å². The Morgan fingerprint density at radius 3 is 1.77 bits per heavy atom. The third-order valence-electron chi connectivity index (χ3n) is 7.55. The van der Waals surface area contributed by atoms with E-state index in [4.69, 9.17) is 23.7 Å². The van der Waals surface area contributed by atoms with Crippen LogP contribution >= 0.6 is 0 Å². The molecule has 2 aliphatic heterocycles. The van der Waals surface area contributed by atoms with Crippen LogP contribution in [0.15, 0.2) is 60.9 Å². The fraction of sp³-hybridized carbons (Fsp3) is 0.514. The summed E-state index contributed by atoms with van der Waals surface area (Å²) in [6.45, 7) is 13.9. The Hall–Kier alpha value is -4.17. The minimum Gasteiger partial charge on any atom is -0.510 e. The van der Waals surface area contributed by atoms with Gasteiger partial charge in [-0.05, 0) is 42.4 Å². The molecule has 2 heterocycles. The summed E-state index contributed by atoms with van der Waals surface area (Å²) >= 11 is 0. The summed E-state index contributed by atoms with van der Waals surface area (Å²) in [5.74, 6) is -0.208. The number of carbonyl (C=O) groups is 3. The van der Waals surface area contributed by atoms with E-state index in [0.29, 0.717) is 24.6 Å². The summed E-state index contributed by atoms with van der Waals surface area (Å²) in [6.07, 6.45) is -4.56. The predicted octanol–water partition coefficient (Wildman–Crippen LogP) is 3.81. The molecule has 2 fully saturated rings. The Kier molecular flexibility index (Phi) is 14.7. The molecule has 13 heteroatoms. The summed E-state index contributed by atoms with van der Waals surface area (Å²) in [5, 5.41) is 29.1. The maximum Gasteiger partial charge on any atom is 0.415 e. The Balaban J connectivity index is 0.000000261. The number of hydrogen-bond acceptors (Lipinski definition) is 12. The molecule has 2 aromatic carbocycles. The van der Waals surface area contributed by atoms with Crippen LogP contribution in [0.3, 0.4) is 0 Å². The zero-order valence-corrected chi connectivity index (χ0v) is 28.2. The highest BCUT2D eigenvalue weighted by molar-refractivity contribution is 5.72. The largest absolute Gasteiger partial charge is 0.510 e. The number of piperazine rings is 1. The van der Waals surface area contributed by atoms with Crippen LogP contribution in [0.4, 0.5) is 4.79 Å². The number of hydrogen-bond donors (Lipinski definition) is 3. The van der Waals surface area contributed by atoms with Crippen LogP contribution in [0.25, 0.3) is 0 Å². The van der Waals surface area contributed by atoms with Crippen LogP contribution in [0.5, 0.6) is 11.5 Å². The van der Waals surface area contributed by atoms with Gasteiger partial charge in [0.2, 0.25) is 6.29 Å². The number of aliphatic hydroxyl groups is 3. The van der Waals surface area contributed by atoms with E-state index in [0.717, 1.165) is 24.2 Å². The second kappa shape index (κ2) is 18.4. The number of ether oxygens (including phenoxy) is 5. The topological polar surface area (TPSA) is 165 Å². The molecule has 0 saturated carbocycles. The molecule has 0 aromatic heterocycles. The van der Waals surface area contributed by atoms with E-state index >= 15 is 0 Å². The van der Waals surface area contributed by atoms with Crippen LogP contribution in [-0.4, -0.2) is 101 Å². The summed E-state index contributed by atoms with van der Waals surface area (Å²) in [5.41, 5.74) is 1.67. The standard InChI is InChI=1S/C18H24O7.C17H24N2O4/c1-10(2)18(22)23-9-12-4-6-13(7-5-12)24-15-8-14(20)16(21)17(25-15)11(3)19;1-13(2)16(20)22-12-14-4-6-15(7-5-14)23-17(21)19-10-8-18(3)9-11-19/h4-7,10,14-17,19-21H,3,8-9H2,1-2H3;4-7,13H,8-12H2,1-3H3/t14-,15-,16+,17-;/m1./s1. The van der Waals surface area contributed by atoms with Crippen molar-refractivity contribution >= 4 is 18.0 Å². The average Bonchev–Trinajstić information content (AvgIpc) is 3.05. The summed E-state index contributed by atoms with van der Waals surface area (Å²) < 4.78 is 26.7. The Bertz CT molecular complexity index is 1340. The fourth-order valence-corrected chi connectivity index (χ4v) is 4.46. The van der Waals surface area contributed by atoms with Crippen molar-refractivity contribution in [3.05, 3.63) is 72.0 Å². The lowest BCUT2D eigenvalue weighted by molar-refractivity contribution is -0.217. The maximum absolute atomic E-state index is 12.1. The van der Waals surface area contributed by atoms with Gasteiger partial charge in [0.15, 0.2) is 0 Å². The van der Waals surface area contributed by atoms with Gasteiger partial charge in [-0.3, -0.25) is 9.59 Å². The van der Waals surface area contributed by atoms with Crippen LogP contribution < -0.4 is 9.47 Å². The number of nitrogens with zero attached hydrogens (tertiary/aromatic N) is 2. The molecule has 13 nitrogen and oxygen atoms in total. The minimum atomic E-state index is -1.25. The van der Waals surface area contributed by atoms with E-state index in [-0.39, 0.29) is 55.3 Å². The van der Waals surface area contributed by atoms with Gasteiger partial charge in [-0.15, -0.1) is 0 Å². The molecule has 2 aliphatic rings. The van der Waals surface area contributed by atoms with Crippen molar-refractivity contribution in [1.29, 1.82) is 0 Å². The van der Waals surface area contributed by atoms with Crippen molar-refractivity contribution in [1.82, 2.24) is 9.80 Å². The van der Waals surface area contributed by atoms with Gasteiger partial charge in [0.05, 0.1) is 17.9 Å². The van der Waals surface area contributed by atoms with E-state index in [1.54, 1.807) is 81.1 Å². The van der Waals surface area contributed by atoms with Crippen molar-refractivity contribution in [3.8, 4) is 11.5 Å². The first kappa shape index (κ1) is 38.3. The van der Waals surface area contributed by atoms with E-state index < -0.39 is 24.6 Å². The van der Waals surface area contributed by atoms with Gasteiger partial charge < -0.3 is 48.8 Å². The first-order valence-corrected chi connectivity index (χ1v) is 16.0. The van der Waals surface area contributed by atoms with Crippen molar-refractivity contribution in [2.24, 2.45) is 11.8 Å². The molecule has 0 radical (unpaired) electrons. The molecule has 4 atom stereocenters. The molecular weight excluding hydrogens is 624 g/mol. The summed E-state index contributed by atoms with van der Waals surface area (Å²) in [6, 6.07) is 13.9. The molecule has 0 spiro atoms. The van der Waals surface area contributed by atoms with Crippen molar-refractivity contribution in [2.45, 2.75) is 71.9 Å². The summed E-state index contributed by atoms with van der Waals surface area (Å²) in [4.78, 5) is 38.8. The first-order valence-electron chi connectivity index (χ1n) is 16.0. The second-order valence-corrected chi connectivity index (χ2v) is 12.4. The van der Waals surface area contributed by atoms with Crippen LogP contribution in [-0.2, 0) is 37.0 Å². The van der Waals surface area contributed by atoms with Crippen LogP contribution in [0.2, 0.25) is 0 Å². The number of rotatable bonds is 10. The van der Waals surface area contributed by atoms with Gasteiger partial charge in [-0.2, -0.15) is 0 Å². The monoisotopic (exact) mass is 672 g/mol. The lowest BCUT2D eigenvalue weighted by Gasteiger charge is -2.36. The second-order valence-electron chi connectivity index (χ2n) is 12.4. The van der Waals surface area contributed by atoms with E-state index in [1.807, 2.05) is 7.05 Å². The molecule has 264 valence electrons. The predicted molar refractivity (Wildman–Crippen MR) is 175 cm³/mol. The van der Waals surface area contributed by atoms with Crippen LogP contribution in [0.1, 0.15) is 45.2 Å². The Morgan fingerprint density at radius 2 is 1.31 bits per heavy atom. The van der Waals surface area contributed by atoms with Crippen LogP contribution in [0, 0.1) is 11.8 Å². The molecule has 48 heavy (non-hydrogen) atoms. The molecule has 0 bridgehead atoms. The number of esters is 2. The number of benzene rings is 2. The maximum atomic E-state index is 12.1. The summed E-state index contributed by atoms with van der Waals surface area (Å²) in [7, 11) is 2.04. The quantitative estimate of drug-likeness (QED) is 0.247. The van der Waals surface area contributed by atoms with E-state index in [2.05, 4.69) is 11.5 Å². The van der Waals surface area contributed by atoms with Gasteiger partial charge in [-0.1, -0.05) is 58.5 Å². The first-order chi connectivity index (χ1) is 22.7. The Morgan fingerprint density at radius 1 is 0.833 bits per heavy atom. The highest BCUT2D eigenvalue weighted by Gasteiger charge is 2.39. The lowest BCUT2D eigenvalue weighted by Crippen LogP contribution is -2.50. The minimum absolute atomic E-state index is 0.0543. The van der Waals surface area contributed by atoms with Gasteiger partial charge in [-0.25, -0.2) is 4.79 Å². The molecule has 2 aromatic rings. The van der Waals surface area contributed by atoms with E-state index in [1.165, 1.54) is 0 Å². The fourth-order valence-electron chi connectivity index (χ4n) is 4.46. The highest BCUT2D eigenvalue weighted by atomic mass is 16.7. The Labute approximate surface area is 281 Å². The number of amides is 1. The average molecular weight is 673 g/mol. The number of aliphatic hydroxyl groups excluding tert-OH is 3. The number of likely N-dealkylation sites (N-methyl/N-ethyl adjacent to an activating group) is 1. The highest BCUT2D eigenvalue weighted by Crippen LogP contribution is 2.26. The van der Waals surface area contributed by atoms with Crippen molar-refractivity contribution in [2.75, 3.05) is 33.2 Å². The molecule has 2 saturated heterocycles. The molecule has 4 rings (SSSR count). The van der Waals surface area contributed by atoms with E-state index in [9.17, 15) is 29.7 Å². The van der Waals surface area contributed by atoms with Gasteiger partial charge in [0.1, 0.15) is 42.7 Å². The zero-order chi connectivity index (χ0) is 35.4. The normalized spacial score (nSPS) is 21.1. The molecule has 1 amide bonds. The SMILES string of the molecule is C=C(O)[C@H]1O[C@@H](Oc2ccc(COC(=O)C(C)C)cc2)C[C@@H](O)[C@@H]1O.CC(C)C(=O)OCc1ccc(OC(=O)N2CCN(C)CC2)cc1.